The van der Waals surface area contributed by atoms with E-state index in [1.165, 1.54) is 4.68 Å². The van der Waals surface area contributed by atoms with Crippen molar-refractivity contribution in [1.29, 1.82) is 0 Å². The Morgan fingerprint density at radius 2 is 1.88 bits per heavy atom. The van der Waals surface area contributed by atoms with E-state index >= 15 is 0 Å². The zero-order valence-electron chi connectivity index (χ0n) is 14.7. The molecule has 0 bridgehead atoms. The van der Waals surface area contributed by atoms with E-state index < -0.39 is 11.0 Å². The summed E-state index contributed by atoms with van der Waals surface area (Å²) >= 11 is 0. The lowest BCUT2D eigenvalue weighted by Gasteiger charge is -2.17. The van der Waals surface area contributed by atoms with Crippen molar-refractivity contribution in [2.45, 2.75) is 47.3 Å². The van der Waals surface area contributed by atoms with Crippen LogP contribution in [0.25, 0.3) is 0 Å². The minimum atomic E-state index is -0.818. The third kappa shape index (κ3) is 3.56. The average Bonchev–Trinajstić information content (AvgIpc) is 2.77. The molecule has 1 atom stereocenters. The summed E-state index contributed by atoms with van der Waals surface area (Å²) in [6.07, 6.45) is -0.818. The molecule has 130 valence electrons. The molecule has 7 nitrogen and oxygen atoms in total. The molecule has 0 amide bonds. The van der Waals surface area contributed by atoms with Crippen LogP contribution in [0.15, 0.2) is 12.1 Å². The van der Waals surface area contributed by atoms with Gasteiger partial charge >= 0.3 is 5.69 Å². The maximum Gasteiger partial charge on any atom is 0.312 e. The van der Waals surface area contributed by atoms with Gasteiger partial charge in [-0.2, -0.15) is 5.10 Å². The second-order valence-corrected chi connectivity index (χ2v) is 6.08. The zero-order chi connectivity index (χ0) is 18.0. The van der Waals surface area contributed by atoms with Gasteiger partial charge in [0.1, 0.15) is 29.8 Å². The molecule has 0 aliphatic carbocycles. The third-order valence-electron chi connectivity index (χ3n) is 4.20. The number of rotatable bonds is 6. The van der Waals surface area contributed by atoms with Crippen molar-refractivity contribution >= 4 is 5.69 Å². The molecule has 1 aromatic carbocycles. The Bertz CT molecular complexity index is 768. The van der Waals surface area contributed by atoms with Crippen LogP contribution < -0.4 is 4.74 Å². The maximum absolute atomic E-state index is 11.0. The molecule has 0 radical (unpaired) electrons. The predicted octanol–water partition coefficient (Wildman–Crippen LogP) is 2.77. The van der Waals surface area contributed by atoms with Crippen LogP contribution in [0.1, 0.15) is 28.1 Å². The first-order valence-corrected chi connectivity index (χ1v) is 7.78. The number of aliphatic hydroxyl groups is 1. The number of ether oxygens (including phenoxy) is 1. The Balaban J connectivity index is 2.08. The largest absolute Gasteiger partial charge is 0.490 e. The number of hydrogen-bond acceptors (Lipinski definition) is 5. The van der Waals surface area contributed by atoms with E-state index in [-0.39, 0.29) is 18.8 Å². The molecule has 2 rings (SSSR count). The van der Waals surface area contributed by atoms with Crippen LogP contribution in [0.5, 0.6) is 5.75 Å². The fraction of sp³-hybridized carbons (Fsp3) is 0.471. The molecule has 0 saturated heterocycles. The molecule has 0 aliphatic heterocycles. The summed E-state index contributed by atoms with van der Waals surface area (Å²) in [5.74, 6) is 0.772. The molecule has 1 heterocycles. The van der Waals surface area contributed by atoms with E-state index in [0.717, 1.165) is 22.4 Å². The Kier molecular flexibility index (Phi) is 5.23. The van der Waals surface area contributed by atoms with Crippen LogP contribution in [-0.4, -0.2) is 32.5 Å². The van der Waals surface area contributed by atoms with Crippen molar-refractivity contribution in [2.24, 2.45) is 0 Å². The van der Waals surface area contributed by atoms with Crippen LogP contribution in [0.4, 0.5) is 5.69 Å². The van der Waals surface area contributed by atoms with Crippen molar-refractivity contribution in [1.82, 2.24) is 9.78 Å². The number of nitro groups is 1. The number of aliphatic hydroxyl groups excluding tert-OH is 1. The second kappa shape index (κ2) is 7.00. The summed E-state index contributed by atoms with van der Waals surface area (Å²) < 4.78 is 7.24. The monoisotopic (exact) mass is 333 g/mol. The lowest BCUT2D eigenvalue weighted by molar-refractivity contribution is -0.386. The lowest BCUT2D eigenvalue weighted by Crippen LogP contribution is -2.25. The molecule has 1 N–H and O–H groups in total. The summed E-state index contributed by atoms with van der Waals surface area (Å²) in [6.45, 7) is 9.40. The van der Waals surface area contributed by atoms with Gasteiger partial charge in [0.2, 0.25) is 0 Å². The van der Waals surface area contributed by atoms with E-state index in [0.29, 0.717) is 11.4 Å². The van der Waals surface area contributed by atoms with E-state index in [1.807, 2.05) is 32.9 Å². The van der Waals surface area contributed by atoms with Gasteiger partial charge in [0, 0.05) is 0 Å². The Hall–Kier alpha value is -2.41. The van der Waals surface area contributed by atoms with Gasteiger partial charge in [-0.05, 0) is 51.3 Å². The van der Waals surface area contributed by atoms with Crippen molar-refractivity contribution in [3.8, 4) is 5.75 Å². The standard InChI is InChI=1S/C17H23N3O4/c1-10-6-7-11(2)17(12(10)3)24-9-15(21)8-19-14(5)16(20(22)23)13(4)18-19/h6-7,15,21H,8-9H2,1-5H3/t15-/m1/s1. The van der Waals surface area contributed by atoms with Gasteiger partial charge in [-0.25, -0.2) is 0 Å². The van der Waals surface area contributed by atoms with Gasteiger partial charge in [-0.15, -0.1) is 0 Å². The molecule has 0 spiro atoms. The second-order valence-electron chi connectivity index (χ2n) is 6.08. The van der Waals surface area contributed by atoms with Gasteiger partial charge < -0.3 is 9.84 Å². The molecule has 1 aromatic heterocycles. The van der Waals surface area contributed by atoms with Crippen LogP contribution in [0, 0.1) is 44.7 Å². The molecule has 0 unspecified atom stereocenters. The van der Waals surface area contributed by atoms with Crippen molar-refractivity contribution in [3.05, 3.63) is 50.3 Å². The number of benzene rings is 1. The number of hydrogen-bond donors (Lipinski definition) is 1. The van der Waals surface area contributed by atoms with Gasteiger partial charge in [0.25, 0.3) is 0 Å². The van der Waals surface area contributed by atoms with Gasteiger partial charge in [0.15, 0.2) is 0 Å². The molecule has 0 aliphatic rings. The first-order chi connectivity index (χ1) is 11.2. The van der Waals surface area contributed by atoms with Crippen molar-refractivity contribution in [3.63, 3.8) is 0 Å². The van der Waals surface area contributed by atoms with Crippen molar-refractivity contribution < 1.29 is 14.8 Å². The molecule has 0 fully saturated rings. The highest BCUT2D eigenvalue weighted by molar-refractivity contribution is 5.44. The Morgan fingerprint density at radius 1 is 1.25 bits per heavy atom. The lowest BCUT2D eigenvalue weighted by atomic mass is 10.1. The van der Waals surface area contributed by atoms with E-state index in [9.17, 15) is 15.2 Å². The number of aromatic nitrogens is 2. The summed E-state index contributed by atoms with van der Waals surface area (Å²) in [5, 5.41) is 25.4. The van der Waals surface area contributed by atoms with Crippen LogP contribution in [-0.2, 0) is 6.54 Å². The summed E-state index contributed by atoms with van der Waals surface area (Å²) in [5.41, 5.74) is 3.94. The third-order valence-corrected chi connectivity index (χ3v) is 4.20. The van der Waals surface area contributed by atoms with Gasteiger partial charge in [-0.1, -0.05) is 12.1 Å². The fourth-order valence-electron chi connectivity index (χ4n) is 2.71. The Labute approximate surface area is 141 Å². The highest BCUT2D eigenvalue weighted by atomic mass is 16.6. The number of nitrogens with zero attached hydrogens (tertiary/aromatic N) is 3. The molecular weight excluding hydrogens is 310 g/mol. The Morgan fingerprint density at radius 3 is 2.46 bits per heavy atom. The predicted molar refractivity (Wildman–Crippen MR) is 90.5 cm³/mol. The number of aryl methyl sites for hydroxylation is 3. The highest BCUT2D eigenvalue weighted by Gasteiger charge is 2.23. The van der Waals surface area contributed by atoms with E-state index in [2.05, 4.69) is 5.10 Å². The minimum Gasteiger partial charge on any atom is -0.490 e. The minimum absolute atomic E-state index is 0.00603. The highest BCUT2D eigenvalue weighted by Crippen LogP contribution is 2.26. The van der Waals surface area contributed by atoms with Crippen molar-refractivity contribution in [2.75, 3.05) is 6.61 Å². The topological polar surface area (TPSA) is 90.4 Å². The average molecular weight is 333 g/mol. The SMILES string of the molecule is Cc1ccc(C)c(OC[C@H](O)Cn2nc(C)c([N+](=O)[O-])c2C)c1C. The van der Waals surface area contributed by atoms with Gasteiger partial charge in [0.05, 0.1) is 11.5 Å². The molecular formula is C17H23N3O4. The van der Waals surface area contributed by atoms with Crippen LogP contribution in [0.3, 0.4) is 0 Å². The maximum atomic E-state index is 11.0. The van der Waals surface area contributed by atoms with E-state index in [1.54, 1.807) is 13.8 Å². The first-order valence-electron chi connectivity index (χ1n) is 7.78. The first kappa shape index (κ1) is 17.9. The normalized spacial score (nSPS) is 12.2. The fourth-order valence-corrected chi connectivity index (χ4v) is 2.71. The molecule has 0 saturated carbocycles. The summed E-state index contributed by atoms with van der Waals surface area (Å²) in [4.78, 5) is 10.6. The summed E-state index contributed by atoms with van der Waals surface area (Å²) in [7, 11) is 0. The van der Waals surface area contributed by atoms with E-state index in [4.69, 9.17) is 4.74 Å². The quantitative estimate of drug-likeness (QED) is 0.648. The van der Waals surface area contributed by atoms with Crippen LogP contribution >= 0.6 is 0 Å². The molecule has 24 heavy (non-hydrogen) atoms. The molecule has 7 heteroatoms. The molecule has 2 aromatic rings. The van der Waals surface area contributed by atoms with Gasteiger partial charge in [-0.3, -0.25) is 14.8 Å². The zero-order valence-corrected chi connectivity index (χ0v) is 14.7. The summed E-state index contributed by atoms with van der Waals surface area (Å²) in [6, 6.07) is 4.01. The smallest absolute Gasteiger partial charge is 0.312 e. The van der Waals surface area contributed by atoms with Crippen LogP contribution in [0.2, 0.25) is 0 Å².